The molecule has 2 rings (SSSR count). The highest BCUT2D eigenvalue weighted by atomic mass is 16.5. The third kappa shape index (κ3) is 2.77. The van der Waals surface area contributed by atoms with Crippen molar-refractivity contribution in [3.63, 3.8) is 0 Å². The molecular weight excluding hydrogens is 214 g/mol. The van der Waals surface area contributed by atoms with E-state index in [0.29, 0.717) is 12.5 Å². The molecule has 17 heavy (non-hydrogen) atoms. The normalized spacial score (nSPS) is 11.3. The lowest BCUT2D eigenvalue weighted by Crippen LogP contribution is -2.07. The molecule has 0 bridgehead atoms. The van der Waals surface area contributed by atoms with Gasteiger partial charge in [0.05, 0.1) is 17.6 Å². The van der Waals surface area contributed by atoms with E-state index >= 15 is 0 Å². The average Bonchev–Trinajstić information content (AvgIpc) is 2.72. The molecule has 4 heteroatoms. The fraction of sp³-hybridized carbons (Fsp3) is 0.462. The molecule has 2 N–H and O–H groups in total. The molecular formula is C13H19N3O. The molecule has 1 aromatic carbocycles. The summed E-state index contributed by atoms with van der Waals surface area (Å²) in [6.07, 6.45) is 0. The maximum atomic E-state index is 5.00. The molecule has 0 aliphatic carbocycles. The lowest BCUT2D eigenvalue weighted by molar-refractivity contribution is 0.211. The quantitative estimate of drug-likeness (QED) is 0.781. The van der Waals surface area contributed by atoms with Gasteiger partial charge in [0.25, 0.3) is 0 Å². The lowest BCUT2D eigenvalue weighted by Gasteiger charge is -2.04. The van der Waals surface area contributed by atoms with Gasteiger partial charge in [-0.1, -0.05) is 13.8 Å². The summed E-state index contributed by atoms with van der Waals surface area (Å²) < 4.78 is 5.00. The third-order valence-electron chi connectivity index (χ3n) is 2.68. The minimum atomic E-state index is 0.423. The Morgan fingerprint density at radius 1 is 1.41 bits per heavy atom. The van der Waals surface area contributed by atoms with Crippen LogP contribution in [0.2, 0.25) is 0 Å². The molecule has 0 saturated carbocycles. The monoisotopic (exact) mass is 233 g/mol. The summed E-state index contributed by atoms with van der Waals surface area (Å²) in [5.74, 6) is 1.46. The minimum Gasteiger partial charge on any atom is -0.383 e. The number of hydrogen-bond donors (Lipinski definition) is 2. The van der Waals surface area contributed by atoms with E-state index in [2.05, 4.69) is 35.2 Å². The van der Waals surface area contributed by atoms with Gasteiger partial charge in [0.2, 0.25) is 0 Å². The molecule has 0 amide bonds. The number of H-pyrrole nitrogens is 1. The van der Waals surface area contributed by atoms with Crippen LogP contribution in [0, 0.1) is 0 Å². The Balaban J connectivity index is 2.18. The zero-order valence-electron chi connectivity index (χ0n) is 10.6. The topological polar surface area (TPSA) is 49.9 Å². The maximum absolute atomic E-state index is 5.00. The predicted octanol–water partition coefficient (Wildman–Crippen LogP) is 2.74. The van der Waals surface area contributed by atoms with E-state index in [1.54, 1.807) is 7.11 Å². The van der Waals surface area contributed by atoms with E-state index in [1.807, 2.05) is 12.1 Å². The van der Waals surface area contributed by atoms with Crippen LogP contribution < -0.4 is 5.32 Å². The van der Waals surface area contributed by atoms with Crippen LogP contribution in [0.4, 0.5) is 5.69 Å². The Morgan fingerprint density at radius 3 is 2.94 bits per heavy atom. The van der Waals surface area contributed by atoms with Crippen LogP contribution in [0.15, 0.2) is 18.2 Å². The molecule has 0 radical (unpaired) electrons. The van der Waals surface area contributed by atoms with Crippen LogP contribution in [0.3, 0.4) is 0 Å². The molecule has 0 fully saturated rings. The number of methoxy groups -OCH3 is 1. The highest BCUT2D eigenvalue weighted by Crippen LogP contribution is 2.20. The summed E-state index contributed by atoms with van der Waals surface area (Å²) in [6.45, 7) is 5.79. The van der Waals surface area contributed by atoms with Gasteiger partial charge in [-0.3, -0.25) is 0 Å². The number of nitrogens with one attached hydrogen (secondary N) is 2. The van der Waals surface area contributed by atoms with Crippen molar-refractivity contribution >= 4 is 16.7 Å². The smallest absolute Gasteiger partial charge is 0.109 e. The van der Waals surface area contributed by atoms with Crippen molar-refractivity contribution < 1.29 is 4.74 Å². The summed E-state index contributed by atoms with van der Waals surface area (Å²) in [6, 6.07) is 6.17. The minimum absolute atomic E-state index is 0.423. The van der Waals surface area contributed by atoms with Crippen LogP contribution in [0.25, 0.3) is 11.0 Å². The van der Waals surface area contributed by atoms with E-state index in [9.17, 15) is 0 Å². The molecule has 0 aliphatic rings. The number of rotatable bonds is 5. The number of imidazole rings is 1. The van der Waals surface area contributed by atoms with Gasteiger partial charge in [0.15, 0.2) is 0 Å². The first-order valence-electron chi connectivity index (χ1n) is 5.93. The van der Waals surface area contributed by atoms with E-state index in [4.69, 9.17) is 4.74 Å². The Labute approximate surface area is 101 Å². The van der Waals surface area contributed by atoms with E-state index in [-0.39, 0.29) is 0 Å². The predicted molar refractivity (Wildman–Crippen MR) is 70.5 cm³/mol. The standard InChI is InChI=1S/C13H19N3O/c1-9(2)13-15-11-5-4-10(8-12(11)16-13)14-6-7-17-3/h4-5,8-9,14H,6-7H2,1-3H3,(H,15,16). The summed E-state index contributed by atoms with van der Waals surface area (Å²) in [7, 11) is 1.70. The number of nitrogens with zero attached hydrogens (tertiary/aromatic N) is 1. The Kier molecular flexibility index (Phi) is 3.64. The van der Waals surface area contributed by atoms with E-state index < -0.39 is 0 Å². The number of anilines is 1. The second-order valence-electron chi connectivity index (χ2n) is 4.43. The summed E-state index contributed by atoms with van der Waals surface area (Å²) in [4.78, 5) is 7.89. The molecule has 0 unspecified atom stereocenters. The van der Waals surface area contributed by atoms with Crippen LogP contribution in [-0.2, 0) is 4.74 Å². The Morgan fingerprint density at radius 2 is 2.24 bits per heavy atom. The van der Waals surface area contributed by atoms with Gasteiger partial charge in [0, 0.05) is 25.3 Å². The van der Waals surface area contributed by atoms with Crippen molar-refractivity contribution in [1.29, 1.82) is 0 Å². The second kappa shape index (κ2) is 5.19. The fourth-order valence-corrected chi connectivity index (χ4v) is 1.71. The van der Waals surface area contributed by atoms with Crippen LogP contribution in [0.5, 0.6) is 0 Å². The Hall–Kier alpha value is -1.55. The highest BCUT2D eigenvalue weighted by Gasteiger charge is 2.06. The van der Waals surface area contributed by atoms with Crippen LogP contribution >= 0.6 is 0 Å². The van der Waals surface area contributed by atoms with Gasteiger partial charge in [-0.2, -0.15) is 0 Å². The van der Waals surface area contributed by atoms with E-state index in [0.717, 1.165) is 29.1 Å². The van der Waals surface area contributed by atoms with Crippen molar-refractivity contribution in [2.45, 2.75) is 19.8 Å². The first-order chi connectivity index (χ1) is 8.20. The third-order valence-corrected chi connectivity index (χ3v) is 2.68. The zero-order chi connectivity index (χ0) is 12.3. The summed E-state index contributed by atoms with van der Waals surface area (Å²) in [5.41, 5.74) is 3.19. The summed E-state index contributed by atoms with van der Waals surface area (Å²) in [5, 5.41) is 3.30. The van der Waals surface area contributed by atoms with Gasteiger partial charge in [0.1, 0.15) is 5.82 Å². The SMILES string of the molecule is COCCNc1ccc2nc(C(C)C)[nH]c2c1. The molecule has 4 nitrogen and oxygen atoms in total. The van der Waals surface area contributed by atoms with Crippen LogP contribution in [0.1, 0.15) is 25.6 Å². The van der Waals surface area contributed by atoms with Crippen molar-refractivity contribution in [2.75, 3.05) is 25.6 Å². The largest absolute Gasteiger partial charge is 0.383 e. The number of hydrogen-bond acceptors (Lipinski definition) is 3. The van der Waals surface area contributed by atoms with Crippen molar-refractivity contribution in [1.82, 2.24) is 9.97 Å². The van der Waals surface area contributed by atoms with Crippen molar-refractivity contribution in [3.8, 4) is 0 Å². The molecule has 1 heterocycles. The van der Waals surface area contributed by atoms with E-state index in [1.165, 1.54) is 0 Å². The average molecular weight is 233 g/mol. The van der Waals surface area contributed by atoms with Gasteiger partial charge < -0.3 is 15.0 Å². The fourth-order valence-electron chi connectivity index (χ4n) is 1.71. The molecule has 92 valence electrons. The molecule has 0 saturated heterocycles. The number of fused-ring (bicyclic) bond motifs is 1. The van der Waals surface area contributed by atoms with Crippen molar-refractivity contribution in [2.24, 2.45) is 0 Å². The van der Waals surface area contributed by atoms with Gasteiger partial charge >= 0.3 is 0 Å². The zero-order valence-corrected chi connectivity index (χ0v) is 10.6. The maximum Gasteiger partial charge on any atom is 0.109 e. The van der Waals surface area contributed by atoms with Gasteiger partial charge in [-0.05, 0) is 18.2 Å². The molecule has 2 aromatic rings. The highest BCUT2D eigenvalue weighted by molar-refractivity contribution is 5.79. The molecule has 0 spiro atoms. The van der Waals surface area contributed by atoms with Gasteiger partial charge in [-0.25, -0.2) is 4.98 Å². The van der Waals surface area contributed by atoms with Crippen molar-refractivity contribution in [3.05, 3.63) is 24.0 Å². The molecule has 0 atom stereocenters. The number of benzene rings is 1. The first kappa shape index (κ1) is 11.9. The number of aromatic nitrogens is 2. The van der Waals surface area contributed by atoms with Crippen LogP contribution in [-0.4, -0.2) is 30.2 Å². The lowest BCUT2D eigenvalue weighted by atomic mass is 10.2. The summed E-state index contributed by atoms with van der Waals surface area (Å²) >= 11 is 0. The number of ether oxygens (including phenoxy) is 1. The Bertz CT molecular complexity index is 490. The first-order valence-corrected chi connectivity index (χ1v) is 5.93. The number of aromatic amines is 1. The second-order valence-corrected chi connectivity index (χ2v) is 4.43. The van der Waals surface area contributed by atoms with Gasteiger partial charge in [-0.15, -0.1) is 0 Å². The molecule has 0 aliphatic heterocycles. The molecule has 1 aromatic heterocycles.